The van der Waals surface area contributed by atoms with Crippen molar-refractivity contribution in [3.05, 3.63) is 22.4 Å². The molecule has 2 N–H and O–H groups in total. The lowest BCUT2D eigenvalue weighted by Gasteiger charge is -2.19. The average Bonchev–Trinajstić information content (AvgIpc) is 3.32. The van der Waals surface area contributed by atoms with Gasteiger partial charge >= 0.3 is 0 Å². The van der Waals surface area contributed by atoms with E-state index in [2.05, 4.69) is 34.7 Å². The van der Waals surface area contributed by atoms with E-state index >= 15 is 0 Å². The lowest BCUT2D eigenvalue weighted by Crippen LogP contribution is -2.41. The number of nitrogens with one attached hydrogen (secondary N) is 2. The van der Waals surface area contributed by atoms with Gasteiger partial charge in [0, 0.05) is 18.0 Å². The fourth-order valence-electron chi connectivity index (χ4n) is 2.05. The molecule has 27 heavy (non-hydrogen) atoms. The SMILES string of the molecule is CCN(CC(=O)NCc1cccs1)C(=O)CSc1nnc(NCC(C)C)s1. The largest absolute Gasteiger partial charge is 0.360 e. The molecule has 0 atom stereocenters. The Hall–Kier alpha value is -1.65. The fraction of sp³-hybridized carbons (Fsp3) is 0.529. The average molecular weight is 428 g/mol. The van der Waals surface area contributed by atoms with Gasteiger partial charge in [0.25, 0.3) is 0 Å². The van der Waals surface area contributed by atoms with Gasteiger partial charge < -0.3 is 15.5 Å². The molecule has 7 nitrogen and oxygen atoms in total. The van der Waals surface area contributed by atoms with Crippen molar-refractivity contribution in [2.75, 3.05) is 30.7 Å². The van der Waals surface area contributed by atoms with Crippen molar-refractivity contribution >= 4 is 51.4 Å². The van der Waals surface area contributed by atoms with E-state index in [0.29, 0.717) is 19.0 Å². The molecule has 0 saturated heterocycles. The molecule has 0 aromatic carbocycles. The summed E-state index contributed by atoms with van der Waals surface area (Å²) in [6.07, 6.45) is 0. The van der Waals surface area contributed by atoms with Crippen LogP contribution in [0.15, 0.2) is 21.9 Å². The molecule has 0 spiro atoms. The molecule has 148 valence electrons. The summed E-state index contributed by atoms with van der Waals surface area (Å²) in [5.41, 5.74) is 0. The Morgan fingerprint density at radius 2 is 2.15 bits per heavy atom. The number of carbonyl (C=O) groups excluding carboxylic acids is 2. The van der Waals surface area contributed by atoms with Crippen LogP contribution in [0.3, 0.4) is 0 Å². The topological polar surface area (TPSA) is 87.2 Å². The number of likely N-dealkylation sites (N-methyl/N-ethyl adjacent to an activating group) is 1. The van der Waals surface area contributed by atoms with E-state index in [1.165, 1.54) is 23.1 Å². The molecule has 0 bridgehead atoms. The Morgan fingerprint density at radius 3 is 2.81 bits per heavy atom. The van der Waals surface area contributed by atoms with E-state index in [4.69, 9.17) is 0 Å². The second-order valence-electron chi connectivity index (χ2n) is 6.20. The number of amides is 2. The van der Waals surface area contributed by atoms with Crippen molar-refractivity contribution < 1.29 is 9.59 Å². The Kier molecular flexibility index (Phi) is 9.02. The van der Waals surface area contributed by atoms with Gasteiger partial charge in [-0.25, -0.2) is 0 Å². The van der Waals surface area contributed by atoms with E-state index in [-0.39, 0.29) is 24.1 Å². The first-order valence-corrected chi connectivity index (χ1v) is 11.4. The molecule has 2 heterocycles. The van der Waals surface area contributed by atoms with Crippen molar-refractivity contribution in [3.63, 3.8) is 0 Å². The molecule has 0 aliphatic rings. The third-order valence-corrected chi connectivity index (χ3v) is 6.37. The minimum Gasteiger partial charge on any atom is -0.360 e. The quantitative estimate of drug-likeness (QED) is 0.536. The normalized spacial score (nSPS) is 10.8. The van der Waals surface area contributed by atoms with Crippen LogP contribution in [-0.4, -0.2) is 52.3 Å². The molecular formula is C17H25N5O2S3. The van der Waals surface area contributed by atoms with Crippen LogP contribution < -0.4 is 10.6 Å². The highest BCUT2D eigenvalue weighted by molar-refractivity contribution is 8.01. The monoisotopic (exact) mass is 427 g/mol. The molecule has 2 amide bonds. The van der Waals surface area contributed by atoms with Crippen LogP contribution in [0.1, 0.15) is 25.6 Å². The molecule has 2 rings (SSSR count). The Morgan fingerprint density at radius 1 is 1.33 bits per heavy atom. The van der Waals surface area contributed by atoms with Crippen LogP contribution in [0, 0.1) is 5.92 Å². The van der Waals surface area contributed by atoms with Gasteiger partial charge in [-0.15, -0.1) is 21.5 Å². The highest BCUT2D eigenvalue weighted by Crippen LogP contribution is 2.25. The number of nitrogens with zero attached hydrogens (tertiary/aromatic N) is 3. The predicted molar refractivity (Wildman–Crippen MR) is 112 cm³/mol. The van der Waals surface area contributed by atoms with Gasteiger partial charge in [-0.1, -0.05) is 43.0 Å². The first-order chi connectivity index (χ1) is 13.0. The number of hydrogen-bond acceptors (Lipinski definition) is 8. The van der Waals surface area contributed by atoms with Crippen LogP contribution in [0.5, 0.6) is 0 Å². The van der Waals surface area contributed by atoms with E-state index in [0.717, 1.165) is 20.9 Å². The molecule has 0 radical (unpaired) electrons. The zero-order valence-corrected chi connectivity index (χ0v) is 18.2. The lowest BCUT2D eigenvalue weighted by molar-refractivity contribution is -0.133. The highest BCUT2D eigenvalue weighted by Gasteiger charge is 2.17. The summed E-state index contributed by atoms with van der Waals surface area (Å²) in [5.74, 6) is 0.529. The van der Waals surface area contributed by atoms with Crippen molar-refractivity contribution in [3.8, 4) is 0 Å². The number of rotatable bonds is 11. The standard InChI is InChI=1S/C17H25N5O2S3/c1-4-22(10-14(23)18-9-13-6-5-7-25-13)15(24)11-26-17-21-20-16(27-17)19-8-12(2)3/h5-7,12H,4,8-11H2,1-3H3,(H,18,23)(H,19,20). The molecule has 2 aromatic rings. The van der Waals surface area contributed by atoms with Gasteiger partial charge in [0.1, 0.15) is 0 Å². The van der Waals surface area contributed by atoms with Crippen LogP contribution in [0.2, 0.25) is 0 Å². The number of aromatic nitrogens is 2. The van der Waals surface area contributed by atoms with Crippen molar-refractivity contribution in [1.82, 2.24) is 20.4 Å². The minimum atomic E-state index is -0.153. The maximum absolute atomic E-state index is 12.4. The molecule has 0 fully saturated rings. The minimum absolute atomic E-state index is 0.0680. The van der Waals surface area contributed by atoms with E-state index < -0.39 is 0 Å². The van der Waals surface area contributed by atoms with Gasteiger partial charge in [-0.2, -0.15) is 0 Å². The first kappa shape index (κ1) is 21.6. The molecular weight excluding hydrogens is 402 g/mol. The summed E-state index contributed by atoms with van der Waals surface area (Å²) < 4.78 is 0.743. The summed E-state index contributed by atoms with van der Waals surface area (Å²) in [6.45, 7) is 8.00. The van der Waals surface area contributed by atoms with Crippen molar-refractivity contribution in [2.45, 2.75) is 31.7 Å². The van der Waals surface area contributed by atoms with Crippen LogP contribution in [0.4, 0.5) is 5.13 Å². The zero-order valence-electron chi connectivity index (χ0n) is 15.7. The Balaban J connectivity index is 1.74. The van der Waals surface area contributed by atoms with Crippen LogP contribution >= 0.6 is 34.4 Å². The maximum atomic E-state index is 12.4. The van der Waals surface area contributed by atoms with Crippen molar-refractivity contribution in [2.24, 2.45) is 5.92 Å². The first-order valence-electron chi connectivity index (χ1n) is 8.75. The van der Waals surface area contributed by atoms with Crippen molar-refractivity contribution in [1.29, 1.82) is 0 Å². The molecule has 10 heteroatoms. The highest BCUT2D eigenvalue weighted by atomic mass is 32.2. The van der Waals surface area contributed by atoms with Gasteiger partial charge in [-0.05, 0) is 24.3 Å². The van der Waals surface area contributed by atoms with E-state index in [9.17, 15) is 9.59 Å². The van der Waals surface area contributed by atoms with Gasteiger partial charge in [0.15, 0.2) is 4.34 Å². The Labute approximate surface area is 171 Å². The number of anilines is 1. The lowest BCUT2D eigenvalue weighted by atomic mass is 10.2. The number of carbonyl (C=O) groups is 2. The zero-order chi connectivity index (χ0) is 19.6. The van der Waals surface area contributed by atoms with Gasteiger partial charge in [0.05, 0.1) is 18.8 Å². The maximum Gasteiger partial charge on any atom is 0.239 e. The summed E-state index contributed by atoms with van der Waals surface area (Å²) >= 11 is 4.38. The molecule has 0 aliphatic carbocycles. The van der Waals surface area contributed by atoms with Gasteiger partial charge in [-0.3, -0.25) is 9.59 Å². The molecule has 0 saturated carbocycles. The van der Waals surface area contributed by atoms with Gasteiger partial charge in [0.2, 0.25) is 16.9 Å². The number of hydrogen-bond donors (Lipinski definition) is 2. The van der Waals surface area contributed by atoms with Crippen LogP contribution in [-0.2, 0) is 16.1 Å². The Bertz CT molecular complexity index is 718. The second kappa shape index (κ2) is 11.3. The predicted octanol–water partition coefficient (Wildman–Crippen LogP) is 2.92. The third kappa shape index (κ3) is 7.86. The van der Waals surface area contributed by atoms with E-state index in [1.807, 2.05) is 24.4 Å². The summed E-state index contributed by atoms with van der Waals surface area (Å²) in [6, 6.07) is 3.92. The number of thiophene rings is 1. The molecule has 2 aromatic heterocycles. The van der Waals surface area contributed by atoms with Crippen LogP contribution in [0.25, 0.3) is 0 Å². The molecule has 0 aliphatic heterocycles. The summed E-state index contributed by atoms with van der Waals surface area (Å²) in [7, 11) is 0. The smallest absolute Gasteiger partial charge is 0.239 e. The fourth-order valence-corrected chi connectivity index (χ4v) is 4.36. The number of thioether (sulfide) groups is 1. The van der Waals surface area contributed by atoms with E-state index in [1.54, 1.807) is 16.2 Å². The summed E-state index contributed by atoms with van der Waals surface area (Å²) in [5, 5.41) is 17.0. The summed E-state index contributed by atoms with van der Waals surface area (Å²) in [4.78, 5) is 27.1. The molecule has 0 unspecified atom stereocenters. The third-order valence-electron chi connectivity index (χ3n) is 3.50. The second-order valence-corrected chi connectivity index (χ2v) is 9.43.